The largest absolute Gasteiger partial charge is 0.494 e. The fraction of sp³-hybridized carbons (Fsp3) is 0.500. The second kappa shape index (κ2) is 8.37. The van der Waals surface area contributed by atoms with Crippen molar-refractivity contribution < 1.29 is 9.47 Å². The Morgan fingerprint density at radius 1 is 1.17 bits per heavy atom. The van der Waals surface area contributed by atoms with Gasteiger partial charge in [-0.2, -0.15) is 5.26 Å². The van der Waals surface area contributed by atoms with Crippen LogP contribution in [0.1, 0.15) is 20.3 Å². The van der Waals surface area contributed by atoms with E-state index in [-0.39, 0.29) is 6.04 Å². The van der Waals surface area contributed by atoms with Crippen LogP contribution in [0.5, 0.6) is 11.5 Å². The molecular weight excluding hydrogens is 228 g/mol. The van der Waals surface area contributed by atoms with Crippen LogP contribution in [-0.2, 0) is 0 Å². The zero-order valence-corrected chi connectivity index (χ0v) is 11.0. The Morgan fingerprint density at radius 3 is 2.28 bits per heavy atom. The van der Waals surface area contributed by atoms with Crippen molar-refractivity contribution in [2.24, 2.45) is 0 Å². The SMILES string of the molecule is CCNC(C#N)CCOc1ccc(OCC)cc1. The molecule has 1 atom stereocenters. The van der Waals surface area contributed by atoms with E-state index in [1.165, 1.54) is 0 Å². The van der Waals surface area contributed by atoms with Gasteiger partial charge in [-0.05, 0) is 37.7 Å². The van der Waals surface area contributed by atoms with Crippen LogP contribution >= 0.6 is 0 Å². The van der Waals surface area contributed by atoms with E-state index in [4.69, 9.17) is 14.7 Å². The summed E-state index contributed by atoms with van der Waals surface area (Å²) in [4.78, 5) is 0. The van der Waals surface area contributed by atoms with E-state index in [1.54, 1.807) is 0 Å². The molecule has 0 amide bonds. The van der Waals surface area contributed by atoms with E-state index in [2.05, 4.69) is 11.4 Å². The molecule has 98 valence electrons. The maximum atomic E-state index is 8.87. The van der Waals surface area contributed by atoms with Gasteiger partial charge in [-0.3, -0.25) is 0 Å². The van der Waals surface area contributed by atoms with Gasteiger partial charge in [0.1, 0.15) is 11.5 Å². The van der Waals surface area contributed by atoms with E-state index in [9.17, 15) is 0 Å². The summed E-state index contributed by atoms with van der Waals surface area (Å²) in [5.74, 6) is 1.64. The quantitative estimate of drug-likeness (QED) is 0.767. The Morgan fingerprint density at radius 2 is 1.78 bits per heavy atom. The average Bonchev–Trinajstić information content (AvgIpc) is 2.40. The molecule has 1 rings (SSSR count). The van der Waals surface area contributed by atoms with Crippen LogP contribution in [0.4, 0.5) is 0 Å². The van der Waals surface area contributed by atoms with Crippen LogP contribution in [0.15, 0.2) is 24.3 Å². The first-order valence-corrected chi connectivity index (χ1v) is 6.28. The van der Waals surface area contributed by atoms with Gasteiger partial charge >= 0.3 is 0 Å². The van der Waals surface area contributed by atoms with Crippen LogP contribution in [0.25, 0.3) is 0 Å². The van der Waals surface area contributed by atoms with Crippen molar-refractivity contribution in [2.75, 3.05) is 19.8 Å². The summed E-state index contributed by atoms with van der Waals surface area (Å²) >= 11 is 0. The maximum absolute atomic E-state index is 8.87. The third-order valence-corrected chi connectivity index (χ3v) is 2.42. The van der Waals surface area contributed by atoms with E-state index >= 15 is 0 Å². The maximum Gasteiger partial charge on any atom is 0.119 e. The minimum Gasteiger partial charge on any atom is -0.494 e. The number of hydrogen-bond acceptors (Lipinski definition) is 4. The summed E-state index contributed by atoms with van der Waals surface area (Å²) in [7, 11) is 0. The molecule has 0 aliphatic heterocycles. The van der Waals surface area contributed by atoms with Crippen LogP contribution in [-0.4, -0.2) is 25.8 Å². The Bertz CT molecular complexity index is 370. The molecule has 18 heavy (non-hydrogen) atoms. The lowest BCUT2D eigenvalue weighted by Crippen LogP contribution is -2.28. The second-order valence-corrected chi connectivity index (χ2v) is 3.78. The molecular formula is C14H20N2O2. The van der Waals surface area contributed by atoms with Crippen molar-refractivity contribution in [1.82, 2.24) is 5.32 Å². The van der Waals surface area contributed by atoms with Crippen molar-refractivity contribution in [3.63, 3.8) is 0 Å². The topological polar surface area (TPSA) is 54.3 Å². The summed E-state index contributed by atoms with van der Waals surface area (Å²) < 4.78 is 10.9. The lowest BCUT2D eigenvalue weighted by atomic mass is 10.2. The van der Waals surface area contributed by atoms with Gasteiger partial charge in [-0.25, -0.2) is 0 Å². The number of benzene rings is 1. The van der Waals surface area contributed by atoms with Crippen molar-refractivity contribution >= 4 is 0 Å². The number of nitrogens with zero attached hydrogens (tertiary/aromatic N) is 1. The molecule has 0 spiro atoms. The highest BCUT2D eigenvalue weighted by Gasteiger charge is 2.05. The number of rotatable bonds is 8. The number of nitrogens with one attached hydrogen (secondary N) is 1. The highest BCUT2D eigenvalue weighted by molar-refractivity contribution is 5.31. The summed E-state index contributed by atoms with van der Waals surface area (Å²) in [6.45, 7) is 5.91. The van der Waals surface area contributed by atoms with Crippen LogP contribution in [0, 0.1) is 11.3 Å². The molecule has 0 radical (unpaired) electrons. The van der Waals surface area contributed by atoms with Gasteiger partial charge in [-0.1, -0.05) is 6.92 Å². The smallest absolute Gasteiger partial charge is 0.119 e. The number of hydrogen-bond donors (Lipinski definition) is 1. The van der Waals surface area contributed by atoms with Crippen molar-refractivity contribution in [1.29, 1.82) is 5.26 Å². The third-order valence-electron chi connectivity index (χ3n) is 2.42. The van der Waals surface area contributed by atoms with E-state index in [1.807, 2.05) is 38.1 Å². The molecule has 1 unspecified atom stereocenters. The van der Waals surface area contributed by atoms with Gasteiger partial charge in [0.15, 0.2) is 0 Å². The molecule has 0 bridgehead atoms. The van der Waals surface area contributed by atoms with Crippen molar-refractivity contribution in [3.8, 4) is 17.6 Å². The molecule has 1 N–H and O–H groups in total. The molecule has 0 aliphatic carbocycles. The summed E-state index contributed by atoms with van der Waals surface area (Å²) in [6.07, 6.45) is 0.678. The molecule has 0 aliphatic rings. The Balaban J connectivity index is 2.33. The van der Waals surface area contributed by atoms with E-state index in [0.29, 0.717) is 19.6 Å². The predicted molar refractivity (Wildman–Crippen MR) is 70.8 cm³/mol. The van der Waals surface area contributed by atoms with Gasteiger partial charge < -0.3 is 14.8 Å². The first-order chi connectivity index (χ1) is 8.80. The highest BCUT2D eigenvalue weighted by Crippen LogP contribution is 2.17. The summed E-state index contributed by atoms with van der Waals surface area (Å²) in [5.41, 5.74) is 0. The van der Waals surface area contributed by atoms with Gasteiger partial charge in [0.2, 0.25) is 0 Å². The Kier molecular flexibility index (Phi) is 6.67. The minimum absolute atomic E-state index is 0.141. The number of ether oxygens (including phenoxy) is 2. The fourth-order valence-electron chi connectivity index (χ4n) is 1.55. The van der Waals surface area contributed by atoms with Crippen molar-refractivity contribution in [3.05, 3.63) is 24.3 Å². The first-order valence-electron chi connectivity index (χ1n) is 6.28. The van der Waals surface area contributed by atoms with Gasteiger partial charge in [-0.15, -0.1) is 0 Å². The van der Waals surface area contributed by atoms with Crippen LogP contribution in [0.3, 0.4) is 0 Å². The molecule has 0 fully saturated rings. The van der Waals surface area contributed by atoms with Gasteiger partial charge in [0, 0.05) is 6.42 Å². The molecule has 0 aromatic heterocycles. The first kappa shape index (κ1) is 14.3. The van der Waals surface area contributed by atoms with E-state index < -0.39 is 0 Å². The molecule has 4 heteroatoms. The fourth-order valence-corrected chi connectivity index (χ4v) is 1.55. The monoisotopic (exact) mass is 248 g/mol. The predicted octanol–water partition coefficient (Wildman–Crippen LogP) is 2.36. The summed E-state index contributed by atoms with van der Waals surface area (Å²) in [5, 5.41) is 11.9. The highest BCUT2D eigenvalue weighted by atomic mass is 16.5. The summed E-state index contributed by atoms with van der Waals surface area (Å²) in [6, 6.07) is 9.57. The Hall–Kier alpha value is -1.73. The standard InChI is InChI=1S/C14H20N2O2/c1-3-16-12(11-15)9-10-18-14-7-5-13(6-8-14)17-4-2/h5-8,12,16H,3-4,9-10H2,1-2H3. The zero-order valence-electron chi connectivity index (χ0n) is 11.0. The minimum atomic E-state index is -0.141. The second-order valence-electron chi connectivity index (χ2n) is 3.78. The van der Waals surface area contributed by atoms with Gasteiger partial charge in [0.05, 0.1) is 25.3 Å². The van der Waals surface area contributed by atoms with Crippen molar-refractivity contribution in [2.45, 2.75) is 26.3 Å². The Labute approximate surface area is 109 Å². The van der Waals surface area contributed by atoms with Crippen LogP contribution < -0.4 is 14.8 Å². The molecule has 1 aromatic carbocycles. The average molecular weight is 248 g/mol. The third kappa shape index (κ3) is 5.07. The lowest BCUT2D eigenvalue weighted by Gasteiger charge is -2.11. The molecule has 0 heterocycles. The molecule has 0 saturated carbocycles. The zero-order chi connectivity index (χ0) is 13.2. The van der Waals surface area contributed by atoms with Crippen LogP contribution in [0.2, 0.25) is 0 Å². The normalized spacial score (nSPS) is 11.6. The lowest BCUT2D eigenvalue weighted by molar-refractivity contribution is 0.297. The van der Waals surface area contributed by atoms with E-state index in [0.717, 1.165) is 18.0 Å². The molecule has 0 saturated heterocycles. The number of nitriles is 1. The molecule has 1 aromatic rings. The molecule has 4 nitrogen and oxygen atoms in total. The van der Waals surface area contributed by atoms with Gasteiger partial charge in [0.25, 0.3) is 0 Å².